The normalized spacial score (nSPS) is 37.8. The Balaban J connectivity index is 1.83. The lowest BCUT2D eigenvalue weighted by Gasteiger charge is -2.51. The summed E-state index contributed by atoms with van der Waals surface area (Å²) in [5.74, 6) is 1.09. The first-order valence-electron chi connectivity index (χ1n) is 8.99. The number of hydrogen-bond acceptors (Lipinski definition) is 3. The molecule has 3 heteroatoms. The quantitative estimate of drug-likeness (QED) is 0.785. The number of likely N-dealkylation sites (N-methyl/N-ethyl adjacent to an activating group) is 1. The fraction of sp³-hybridized carbons (Fsp3) is 0.550. The van der Waals surface area contributed by atoms with E-state index in [2.05, 4.69) is 48.0 Å². The van der Waals surface area contributed by atoms with Crippen LogP contribution in [0.15, 0.2) is 35.5 Å². The number of carbonyl (C=O) groups excluding carboxylic acids is 1. The molecule has 0 amide bonds. The van der Waals surface area contributed by atoms with E-state index in [1.54, 1.807) is 0 Å². The van der Waals surface area contributed by atoms with Gasteiger partial charge in [0.05, 0.1) is 5.41 Å². The molecule has 4 aliphatic rings. The van der Waals surface area contributed by atoms with Gasteiger partial charge < -0.3 is 4.90 Å². The van der Waals surface area contributed by atoms with Crippen LogP contribution in [0.2, 0.25) is 0 Å². The molecule has 0 N–H and O–H groups in total. The van der Waals surface area contributed by atoms with Gasteiger partial charge in [-0.05, 0) is 42.9 Å². The Kier molecular flexibility index (Phi) is 2.68. The molecule has 1 spiro atoms. The second kappa shape index (κ2) is 4.47. The summed E-state index contributed by atoms with van der Waals surface area (Å²) >= 11 is 0. The molecule has 3 nitrogen and oxygen atoms in total. The van der Waals surface area contributed by atoms with Gasteiger partial charge in [0.15, 0.2) is 0 Å². The fourth-order valence-corrected chi connectivity index (χ4v) is 6.23. The van der Waals surface area contributed by atoms with Crippen molar-refractivity contribution >= 4 is 12.0 Å². The number of rotatable bonds is 2. The molecule has 1 aromatic carbocycles. The number of anilines is 1. The third kappa shape index (κ3) is 1.43. The number of piperidine rings is 1. The van der Waals surface area contributed by atoms with E-state index in [0.717, 1.165) is 18.4 Å². The fourth-order valence-electron chi connectivity index (χ4n) is 6.23. The first kappa shape index (κ1) is 13.8. The van der Waals surface area contributed by atoms with Crippen LogP contribution in [0.5, 0.6) is 0 Å². The summed E-state index contributed by atoms with van der Waals surface area (Å²) < 4.78 is 0. The lowest BCUT2D eigenvalue weighted by Crippen LogP contribution is -2.55. The maximum atomic E-state index is 12.1. The Bertz CT molecular complexity index is 724. The van der Waals surface area contributed by atoms with Crippen LogP contribution >= 0.6 is 0 Å². The molecule has 3 heterocycles. The Morgan fingerprint density at radius 3 is 2.96 bits per heavy atom. The van der Waals surface area contributed by atoms with Gasteiger partial charge in [-0.15, -0.1) is 0 Å². The molecule has 0 aromatic heterocycles. The van der Waals surface area contributed by atoms with Gasteiger partial charge in [0.2, 0.25) is 0 Å². The largest absolute Gasteiger partial charge is 0.347 e. The topological polar surface area (TPSA) is 23.6 Å². The number of aldehydes is 1. The number of nitrogens with zero attached hydrogens (tertiary/aromatic N) is 2. The van der Waals surface area contributed by atoms with Crippen molar-refractivity contribution in [3.05, 3.63) is 41.1 Å². The van der Waals surface area contributed by atoms with Crippen molar-refractivity contribution < 1.29 is 4.79 Å². The van der Waals surface area contributed by atoms with Crippen molar-refractivity contribution in [2.75, 3.05) is 25.0 Å². The lowest BCUT2D eigenvalue weighted by atomic mass is 9.60. The van der Waals surface area contributed by atoms with Gasteiger partial charge >= 0.3 is 0 Å². The second-order valence-electron chi connectivity index (χ2n) is 7.74. The maximum Gasteiger partial charge on any atom is 0.148 e. The Morgan fingerprint density at radius 2 is 2.17 bits per heavy atom. The number of carbonyl (C=O) groups is 1. The summed E-state index contributed by atoms with van der Waals surface area (Å²) in [6, 6.07) is 9.40. The highest BCUT2D eigenvalue weighted by molar-refractivity contribution is 5.84. The summed E-state index contributed by atoms with van der Waals surface area (Å²) in [5.41, 5.74) is 5.27. The molecule has 1 aromatic rings. The number of benzene rings is 1. The van der Waals surface area contributed by atoms with Crippen LogP contribution in [0, 0.1) is 11.8 Å². The molecule has 120 valence electrons. The minimum absolute atomic E-state index is 0.0663. The summed E-state index contributed by atoms with van der Waals surface area (Å²) in [4.78, 5) is 17.2. The van der Waals surface area contributed by atoms with Crippen molar-refractivity contribution in [3.63, 3.8) is 0 Å². The molecule has 4 atom stereocenters. The Morgan fingerprint density at radius 1 is 1.35 bits per heavy atom. The van der Waals surface area contributed by atoms with Gasteiger partial charge in [-0.25, -0.2) is 0 Å². The van der Waals surface area contributed by atoms with Gasteiger partial charge in [-0.2, -0.15) is 0 Å². The van der Waals surface area contributed by atoms with Gasteiger partial charge in [0, 0.05) is 36.6 Å². The SMILES string of the molecule is CCC1CN2CC[C@]34C(=C(C=O)[C@H]1C[C@H]23)N(C)c1ccccc14. The maximum absolute atomic E-state index is 12.1. The van der Waals surface area contributed by atoms with E-state index in [9.17, 15) is 4.79 Å². The molecular weight excluding hydrogens is 284 g/mol. The number of hydrogen-bond donors (Lipinski definition) is 0. The summed E-state index contributed by atoms with van der Waals surface area (Å²) in [6.07, 6.45) is 4.69. The van der Waals surface area contributed by atoms with Crippen LogP contribution in [-0.4, -0.2) is 37.4 Å². The molecule has 5 rings (SSSR count). The summed E-state index contributed by atoms with van der Waals surface area (Å²) in [6.45, 7) is 4.62. The first-order chi connectivity index (χ1) is 11.2. The minimum Gasteiger partial charge on any atom is -0.347 e. The van der Waals surface area contributed by atoms with Crippen molar-refractivity contribution in [3.8, 4) is 0 Å². The van der Waals surface area contributed by atoms with Gasteiger partial charge in [0.1, 0.15) is 6.29 Å². The predicted octanol–water partition coefficient (Wildman–Crippen LogP) is 2.96. The molecule has 23 heavy (non-hydrogen) atoms. The molecule has 0 saturated carbocycles. The van der Waals surface area contributed by atoms with Gasteiger partial charge in [-0.3, -0.25) is 9.69 Å². The molecule has 1 unspecified atom stereocenters. The second-order valence-corrected chi connectivity index (χ2v) is 7.74. The highest BCUT2D eigenvalue weighted by Gasteiger charge is 2.62. The Labute approximate surface area is 138 Å². The number of allylic oxidation sites excluding steroid dienone is 1. The van der Waals surface area contributed by atoms with Crippen molar-refractivity contribution in [1.29, 1.82) is 0 Å². The molecule has 2 fully saturated rings. The third-order valence-corrected chi connectivity index (χ3v) is 7.15. The van der Waals surface area contributed by atoms with E-state index < -0.39 is 0 Å². The van der Waals surface area contributed by atoms with Crippen LogP contribution in [0.3, 0.4) is 0 Å². The van der Waals surface area contributed by atoms with Crippen molar-refractivity contribution in [2.45, 2.75) is 37.6 Å². The van der Waals surface area contributed by atoms with Crippen LogP contribution < -0.4 is 4.90 Å². The standard InChI is InChI=1S/C20H24N2O/c1-3-13-11-22-9-8-20-16-6-4-5-7-17(16)21(2)19(20)15(12-23)14(13)10-18(20)22/h4-7,12-14,18H,3,8-11H2,1-2H3/t13?,14-,18-,20+/m0/s1. The van der Waals surface area contributed by atoms with Crippen LogP contribution in [0.1, 0.15) is 31.7 Å². The molecule has 3 aliphatic heterocycles. The highest BCUT2D eigenvalue weighted by Crippen LogP contribution is 2.62. The van der Waals surface area contributed by atoms with E-state index in [-0.39, 0.29) is 5.41 Å². The lowest BCUT2D eigenvalue weighted by molar-refractivity contribution is -0.106. The first-order valence-corrected chi connectivity index (χ1v) is 8.99. The molecule has 2 saturated heterocycles. The summed E-state index contributed by atoms with van der Waals surface area (Å²) in [7, 11) is 2.16. The molecule has 0 radical (unpaired) electrons. The van der Waals surface area contributed by atoms with Crippen LogP contribution in [0.25, 0.3) is 0 Å². The zero-order chi connectivity index (χ0) is 15.8. The van der Waals surface area contributed by atoms with Crippen LogP contribution in [-0.2, 0) is 10.2 Å². The minimum atomic E-state index is 0.0663. The average molecular weight is 308 g/mol. The molecule has 1 aliphatic carbocycles. The van der Waals surface area contributed by atoms with E-state index in [1.807, 2.05) is 0 Å². The van der Waals surface area contributed by atoms with E-state index in [4.69, 9.17) is 0 Å². The predicted molar refractivity (Wildman–Crippen MR) is 91.5 cm³/mol. The van der Waals surface area contributed by atoms with Gasteiger partial charge in [0.25, 0.3) is 0 Å². The average Bonchev–Trinajstić information content (AvgIpc) is 3.10. The van der Waals surface area contributed by atoms with E-state index in [0.29, 0.717) is 17.9 Å². The summed E-state index contributed by atoms with van der Waals surface area (Å²) in [5, 5.41) is 0. The third-order valence-electron chi connectivity index (χ3n) is 7.15. The van der Waals surface area contributed by atoms with Crippen molar-refractivity contribution in [2.24, 2.45) is 11.8 Å². The smallest absolute Gasteiger partial charge is 0.148 e. The van der Waals surface area contributed by atoms with Crippen LogP contribution in [0.4, 0.5) is 5.69 Å². The van der Waals surface area contributed by atoms with E-state index >= 15 is 0 Å². The number of para-hydroxylation sites is 1. The van der Waals surface area contributed by atoms with Gasteiger partial charge in [-0.1, -0.05) is 31.5 Å². The Hall–Kier alpha value is -1.61. The zero-order valence-corrected chi connectivity index (χ0v) is 14.0. The molecule has 2 bridgehead atoms. The number of fused-ring (bicyclic) bond motifs is 2. The molecular formula is C20H24N2O. The monoisotopic (exact) mass is 308 g/mol. The zero-order valence-electron chi connectivity index (χ0n) is 14.0. The van der Waals surface area contributed by atoms with Crippen molar-refractivity contribution in [1.82, 2.24) is 4.90 Å². The van der Waals surface area contributed by atoms with E-state index in [1.165, 1.54) is 42.7 Å². The highest BCUT2D eigenvalue weighted by atomic mass is 16.1.